The van der Waals surface area contributed by atoms with Crippen LogP contribution in [-0.4, -0.2) is 26.1 Å². The summed E-state index contributed by atoms with van der Waals surface area (Å²) < 4.78 is 2.62. The third-order valence-corrected chi connectivity index (χ3v) is 20.0. The average Bonchev–Trinajstić information content (AvgIpc) is 3.57. The van der Waals surface area contributed by atoms with Crippen LogP contribution in [0.15, 0.2) is 116 Å². The van der Waals surface area contributed by atoms with Gasteiger partial charge in [0, 0.05) is 37.2 Å². The summed E-state index contributed by atoms with van der Waals surface area (Å²) in [6.07, 6.45) is 4.20. The molecule has 0 saturated carbocycles. The van der Waals surface area contributed by atoms with Gasteiger partial charge in [0.05, 0.1) is 16.1 Å². The zero-order chi connectivity index (χ0) is 37.1. The largest absolute Gasteiger partial charge is 0.305 e. The van der Waals surface area contributed by atoms with Crippen molar-refractivity contribution in [1.82, 2.24) is 9.97 Å². The van der Waals surface area contributed by atoms with Crippen LogP contribution in [0.1, 0.15) is 51.3 Å². The molecule has 0 aliphatic rings. The standard InChI is InChI=1S/C26H32NSi.C21H20NSSi.Ir/c1-6-28(7-2,8-3)24-17-18-25(27-20-24)21-13-12-16-23(19-21)26(4,5)22-14-10-9-11-15-22;1-14-9-11-16(18-12-10-15(13-22-18)24(2,3)4)21-20(14)17-7-5-6-8-19(17)23-21;/h9-12,14-20H,6-8H2,1-5H3;5-10,12-13H,1-4H3;/q2*-1;. The van der Waals surface area contributed by atoms with Crippen LogP contribution in [0.2, 0.25) is 37.8 Å². The SMILES string of the molecule is CC[Si](CC)(CC)c1ccc(-c2[c-]ccc(C(C)(C)c3ccccc3)c2)nc1.Cc1c[c-]c(-c2ccc([Si](C)(C)C)cn2)c2sc3ccccc3c12.[Ir]. The van der Waals surface area contributed by atoms with Gasteiger partial charge in [-0.25, -0.2) is 0 Å². The van der Waals surface area contributed by atoms with Crippen molar-refractivity contribution in [3.05, 3.63) is 144 Å². The van der Waals surface area contributed by atoms with Crippen LogP contribution in [0.4, 0.5) is 0 Å². The van der Waals surface area contributed by atoms with Crippen molar-refractivity contribution < 1.29 is 20.1 Å². The van der Waals surface area contributed by atoms with Crippen LogP contribution in [0, 0.1) is 19.1 Å². The van der Waals surface area contributed by atoms with E-state index in [1.54, 1.807) is 0 Å². The molecule has 7 rings (SSSR count). The van der Waals surface area contributed by atoms with E-state index in [1.165, 1.54) is 65.4 Å². The number of aromatic nitrogens is 2. The molecule has 0 bridgehead atoms. The molecule has 3 heterocycles. The third-order valence-electron chi connectivity index (χ3n) is 11.2. The number of rotatable bonds is 9. The van der Waals surface area contributed by atoms with E-state index in [1.807, 2.05) is 17.4 Å². The maximum atomic E-state index is 4.86. The van der Waals surface area contributed by atoms with E-state index in [9.17, 15) is 0 Å². The van der Waals surface area contributed by atoms with Crippen molar-refractivity contribution >= 4 is 58.0 Å². The molecule has 0 atom stereocenters. The summed E-state index contributed by atoms with van der Waals surface area (Å²) in [6.45, 7) is 20.8. The molecule has 275 valence electrons. The van der Waals surface area contributed by atoms with Gasteiger partial charge in [-0.15, -0.1) is 58.7 Å². The van der Waals surface area contributed by atoms with Gasteiger partial charge in [0.25, 0.3) is 0 Å². The fraction of sp³-hybridized carbons (Fsp3) is 0.277. The number of benzene rings is 4. The van der Waals surface area contributed by atoms with E-state index in [2.05, 4.69) is 183 Å². The van der Waals surface area contributed by atoms with Crippen LogP contribution in [0.25, 0.3) is 42.7 Å². The Morgan fingerprint density at radius 3 is 1.94 bits per heavy atom. The molecular weight excluding hydrogens is 873 g/mol. The molecule has 0 fully saturated rings. The zero-order valence-electron chi connectivity index (χ0n) is 32.7. The molecule has 1 radical (unpaired) electrons. The van der Waals surface area contributed by atoms with E-state index >= 15 is 0 Å². The first kappa shape index (κ1) is 40.7. The second kappa shape index (κ2) is 16.9. The molecule has 4 aromatic carbocycles. The predicted octanol–water partition coefficient (Wildman–Crippen LogP) is 12.4. The van der Waals surface area contributed by atoms with Crippen molar-refractivity contribution in [2.75, 3.05) is 0 Å². The van der Waals surface area contributed by atoms with Crippen molar-refractivity contribution in [2.45, 2.75) is 84.7 Å². The Hall–Kier alpha value is -3.52. The number of aryl methyl sites for hydroxylation is 1. The van der Waals surface area contributed by atoms with Gasteiger partial charge in [0.15, 0.2) is 0 Å². The summed E-state index contributed by atoms with van der Waals surface area (Å²) in [6, 6.07) is 47.6. The molecule has 0 N–H and O–H groups in total. The minimum absolute atomic E-state index is 0. The maximum absolute atomic E-state index is 4.86. The minimum atomic E-state index is -1.38. The second-order valence-corrected chi connectivity index (χ2v) is 27.0. The summed E-state index contributed by atoms with van der Waals surface area (Å²) in [4.78, 5) is 9.63. The summed E-state index contributed by atoms with van der Waals surface area (Å²) in [5.41, 5.74) is 8.07. The number of hydrogen-bond donors (Lipinski definition) is 0. The first-order valence-electron chi connectivity index (χ1n) is 18.8. The summed E-state index contributed by atoms with van der Waals surface area (Å²) >= 11 is 1.84. The van der Waals surface area contributed by atoms with Crippen molar-refractivity contribution in [2.24, 2.45) is 0 Å². The van der Waals surface area contributed by atoms with Crippen LogP contribution in [-0.2, 0) is 25.5 Å². The Labute approximate surface area is 337 Å². The number of nitrogens with zero attached hydrogens (tertiary/aromatic N) is 2. The maximum Gasteiger partial charge on any atom is 0.0878 e. The molecule has 0 aliphatic carbocycles. The Balaban J connectivity index is 0.000000202. The van der Waals surface area contributed by atoms with Crippen molar-refractivity contribution in [3.63, 3.8) is 0 Å². The summed E-state index contributed by atoms with van der Waals surface area (Å²) in [5.74, 6) is 0. The molecule has 6 heteroatoms. The van der Waals surface area contributed by atoms with Gasteiger partial charge in [0.2, 0.25) is 0 Å². The monoisotopic (exact) mass is 925 g/mol. The molecule has 0 aliphatic heterocycles. The second-order valence-electron chi connectivity index (χ2n) is 15.6. The molecule has 0 saturated heterocycles. The summed E-state index contributed by atoms with van der Waals surface area (Å²) in [5, 5.41) is 5.57. The molecule has 53 heavy (non-hydrogen) atoms. The molecule has 0 unspecified atom stereocenters. The fourth-order valence-electron chi connectivity index (χ4n) is 7.36. The average molecular weight is 925 g/mol. The Morgan fingerprint density at radius 1 is 0.698 bits per heavy atom. The van der Waals surface area contributed by atoms with Gasteiger partial charge in [-0.2, -0.15) is 11.3 Å². The summed E-state index contributed by atoms with van der Waals surface area (Å²) in [7, 11) is -2.69. The Bertz CT molecular complexity index is 2260. The van der Waals surface area contributed by atoms with E-state index in [4.69, 9.17) is 9.97 Å². The van der Waals surface area contributed by atoms with Crippen molar-refractivity contribution in [3.8, 4) is 22.5 Å². The topological polar surface area (TPSA) is 25.8 Å². The van der Waals surface area contributed by atoms with Crippen LogP contribution in [0.3, 0.4) is 0 Å². The number of fused-ring (bicyclic) bond motifs is 3. The Morgan fingerprint density at radius 2 is 1.32 bits per heavy atom. The molecule has 3 aromatic heterocycles. The third kappa shape index (κ3) is 8.43. The zero-order valence-corrected chi connectivity index (χ0v) is 37.9. The van der Waals surface area contributed by atoms with Crippen LogP contribution < -0.4 is 10.4 Å². The Kier molecular flexibility index (Phi) is 12.9. The van der Waals surface area contributed by atoms with Gasteiger partial charge >= 0.3 is 0 Å². The molecule has 7 aromatic rings. The van der Waals surface area contributed by atoms with E-state index in [-0.39, 0.29) is 25.5 Å². The van der Waals surface area contributed by atoms with Gasteiger partial charge in [0.1, 0.15) is 0 Å². The molecule has 0 amide bonds. The van der Waals surface area contributed by atoms with Crippen molar-refractivity contribution in [1.29, 1.82) is 0 Å². The van der Waals surface area contributed by atoms with E-state index in [0.717, 1.165) is 22.5 Å². The fourth-order valence-corrected chi connectivity index (χ4v) is 13.2. The smallest absolute Gasteiger partial charge is 0.0878 e. The quantitative estimate of drug-likeness (QED) is 0.106. The normalized spacial score (nSPS) is 11.9. The predicted molar refractivity (Wildman–Crippen MR) is 233 cm³/mol. The van der Waals surface area contributed by atoms with Gasteiger partial charge in [-0.1, -0.05) is 157 Å². The van der Waals surface area contributed by atoms with Gasteiger partial charge in [-0.05, 0) is 48.9 Å². The number of thiophene rings is 1. The first-order valence-corrected chi connectivity index (χ1v) is 25.7. The minimum Gasteiger partial charge on any atom is -0.305 e. The molecule has 0 spiro atoms. The first-order chi connectivity index (χ1) is 24.9. The van der Waals surface area contributed by atoms with E-state index in [0.29, 0.717) is 0 Å². The molecule has 2 nitrogen and oxygen atoms in total. The molecular formula is C47H52IrN2SSi2-2. The number of hydrogen-bond acceptors (Lipinski definition) is 3. The van der Waals surface area contributed by atoms with Crippen LogP contribution >= 0.6 is 11.3 Å². The van der Waals surface area contributed by atoms with E-state index < -0.39 is 16.1 Å². The number of pyridine rings is 2. The van der Waals surface area contributed by atoms with Gasteiger partial charge < -0.3 is 9.97 Å². The van der Waals surface area contributed by atoms with Gasteiger partial charge in [-0.3, -0.25) is 0 Å². The van der Waals surface area contributed by atoms with Crippen LogP contribution in [0.5, 0.6) is 0 Å².